The van der Waals surface area contributed by atoms with E-state index in [1.807, 2.05) is 18.2 Å². The number of benzene rings is 1. The van der Waals surface area contributed by atoms with Gasteiger partial charge in [-0.1, -0.05) is 32.0 Å². The monoisotopic (exact) mass is 402 g/mol. The number of aromatic nitrogens is 1. The Hall–Kier alpha value is -2.25. The second-order valence-corrected chi connectivity index (χ2v) is 9.27. The van der Waals surface area contributed by atoms with E-state index in [-0.39, 0.29) is 18.5 Å². The molecule has 1 saturated heterocycles. The molecular weight excluding hydrogens is 376 g/mol. The van der Waals surface area contributed by atoms with Gasteiger partial charge in [-0.15, -0.1) is 0 Å². The third-order valence-corrected chi connectivity index (χ3v) is 6.97. The highest BCUT2D eigenvalue weighted by molar-refractivity contribution is 7.89. The van der Waals surface area contributed by atoms with Gasteiger partial charge in [0, 0.05) is 19.3 Å². The molecule has 0 spiro atoms. The van der Waals surface area contributed by atoms with E-state index in [1.54, 1.807) is 30.5 Å². The van der Waals surface area contributed by atoms with Gasteiger partial charge >= 0.3 is 5.97 Å². The highest BCUT2D eigenvalue weighted by atomic mass is 32.2. The fraction of sp³-hybridized carbons (Fsp3) is 0.429. The van der Waals surface area contributed by atoms with Gasteiger partial charge in [0.1, 0.15) is 6.61 Å². The summed E-state index contributed by atoms with van der Waals surface area (Å²) in [6.45, 7) is 4.91. The maximum Gasteiger partial charge on any atom is 0.309 e. The van der Waals surface area contributed by atoms with Crippen LogP contribution in [0.4, 0.5) is 0 Å². The molecule has 1 fully saturated rings. The lowest BCUT2D eigenvalue weighted by molar-refractivity contribution is -0.151. The maximum atomic E-state index is 12.9. The minimum atomic E-state index is -3.54. The van der Waals surface area contributed by atoms with Crippen LogP contribution in [0.3, 0.4) is 0 Å². The number of nitrogens with zero attached hydrogens (tertiary/aromatic N) is 2. The third-order valence-electron chi connectivity index (χ3n) is 5.06. The Morgan fingerprint density at radius 1 is 1.14 bits per heavy atom. The van der Waals surface area contributed by atoms with Gasteiger partial charge in [0.05, 0.1) is 16.5 Å². The van der Waals surface area contributed by atoms with Crippen LogP contribution in [0.2, 0.25) is 0 Å². The lowest BCUT2D eigenvalue weighted by Crippen LogP contribution is -2.40. The van der Waals surface area contributed by atoms with E-state index in [4.69, 9.17) is 4.74 Å². The number of pyridine rings is 1. The summed E-state index contributed by atoms with van der Waals surface area (Å²) in [5.74, 6) is -0.216. The summed E-state index contributed by atoms with van der Waals surface area (Å²) < 4.78 is 32.5. The molecule has 2 heterocycles. The van der Waals surface area contributed by atoms with Crippen LogP contribution < -0.4 is 0 Å². The van der Waals surface area contributed by atoms with E-state index < -0.39 is 10.0 Å². The van der Waals surface area contributed by atoms with E-state index in [9.17, 15) is 13.2 Å². The van der Waals surface area contributed by atoms with Crippen LogP contribution in [0.1, 0.15) is 43.9 Å². The van der Waals surface area contributed by atoms with E-state index in [1.165, 1.54) is 4.31 Å². The Labute approximate surface area is 166 Å². The van der Waals surface area contributed by atoms with Gasteiger partial charge in [-0.25, -0.2) is 8.42 Å². The highest BCUT2D eigenvalue weighted by Gasteiger charge is 2.32. The normalized spacial score (nSPS) is 16.2. The van der Waals surface area contributed by atoms with Crippen molar-refractivity contribution < 1.29 is 17.9 Å². The van der Waals surface area contributed by atoms with Gasteiger partial charge in [0.2, 0.25) is 10.0 Å². The summed E-state index contributed by atoms with van der Waals surface area (Å²) in [5, 5.41) is 0. The SMILES string of the molecule is CC(C)c1ccc(S(=O)(=O)N2CCC(C(=O)OCc3ccccn3)CC2)cc1. The molecule has 0 amide bonds. The van der Waals surface area contributed by atoms with Crippen LogP contribution in [0.5, 0.6) is 0 Å². The molecule has 0 bridgehead atoms. The van der Waals surface area contributed by atoms with Crippen molar-refractivity contribution >= 4 is 16.0 Å². The van der Waals surface area contributed by atoms with Crippen molar-refractivity contribution in [3.05, 3.63) is 59.9 Å². The molecule has 0 atom stereocenters. The molecule has 1 aliphatic rings. The third kappa shape index (κ3) is 4.77. The van der Waals surface area contributed by atoms with E-state index in [0.29, 0.717) is 42.4 Å². The highest BCUT2D eigenvalue weighted by Crippen LogP contribution is 2.26. The molecule has 0 radical (unpaired) electrons. The van der Waals surface area contributed by atoms with Crippen molar-refractivity contribution in [2.24, 2.45) is 5.92 Å². The number of hydrogen-bond donors (Lipinski definition) is 0. The van der Waals surface area contributed by atoms with Gasteiger partial charge in [-0.2, -0.15) is 4.31 Å². The Kier molecular flexibility index (Phi) is 6.46. The minimum absolute atomic E-state index is 0.139. The molecule has 1 aromatic carbocycles. The zero-order valence-electron chi connectivity index (χ0n) is 16.2. The lowest BCUT2D eigenvalue weighted by Gasteiger charge is -2.30. The fourth-order valence-electron chi connectivity index (χ4n) is 3.25. The molecule has 2 aromatic rings. The van der Waals surface area contributed by atoms with Gasteiger partial charge in [-0.3, -0.25) is 9.78 Å². The Morgan fingerprint density at radius 2 is 1.82 bits per heavy atom. The second kappa shape index (κ2) is 8.84. The quantitative estimate of drug-likeness (QED) is 0.693. The van der Waals surface area contributed by atoms with Crippen LogP contribution in [0, 0.1) is 5.92 Å². The molecule has 6 nitrogen and oxygen atoms in total. The van der Waals surface area contributed by atoms with Gasteiger partial charge < -0.3 is 4.74 Å². The standard InChI is InChI=1S/C21H26N2O4S/c1-16(2)17-6-8-20(9-7-17)28(25,26)23-13-10-18(11-14-23)21(24)27-15-19-5-3-4-12-22-19/h3-9,12,16,18H,10-11,13-15H2,1-2H3. The molecule has 0 unspecified atom stereocenters. The zero-order chi connectivity index (χ0) is 20.1. The van der Waals surface area contributed by atoms with E-state index in [2.05, 4.69) is 18.8 Å². The summed E-state index contributed by atoms with van der Waals surface area (Å²) in [6.07, 6.45) is 2.58. The largest absolute Gasteiger partial charge is 0.459 e. The fourth-order valence-corrected chi connectivity index (χ4v) is 4.72. The maximum absolute atomic E-state index is 12.9. The number of esters is 1. The van der Waals surface area contributed by atoms with Crippen molar-refractivity contribution in [3.8, 4) is 0 Å². The molecular formula is C21H26N2O4S. The molecule has 0 aliphatic carbocycles. The molecule has 0 saturated carbocycles. The number of ether oxygens (including phenoxy) is 1. The molecule has 1 aromatic heterocycles. The van der Waals surface area contributed by atoms with Gasteiger partial charge in [-0.05, 0) is 48.6 Å². The predicted molar refractivity (Wildman–Crippen MR) is 106 cm³/mol. The lowest BCUT2D eigenvalue weighted by atomic mass is 9.98. The Bertz CT molecular complexity index is 888. The Morgan fingerprint density at radius 3 is 2.39 bits per heavy atom. The van der Waals surface area contributed by atoms with Crippen LogP contribution in [0.15, 0.2) is 53.6 Å². The molecule has 150 valence electrons. The van der Waals surface area contributed by atoms with Crippen molar-refractivity contribution in [2.75, 3.05) is 13.1 Å². The molecule has 28 heavy (non-hydrogen) atoms. The summed E-state index contributed by atoms with van der Waals surface area (Å²) in [7, 11) is -3.54. The molecule has 1 aliphatic heterocycles. The van der Waals surface area contributed by atoms with Gasteiger partial charge in [0.25, 0.3) is 0 Å². The second-order valence-electron chi connectivity index (χ2n) is 7.33. The first-order valence-electron chi connectivity index (χ1n) is 9.54. The van der Waals surface area contributed by atoms with Crippen molar-refractivity contribution in [3.63, 3.8) is 0 Å². The number of carbonyl (C=O) groups excluding carboxylic acids is 1. The van der Waals surface area contributed by atoms with E-state index >= 15 is 0 Å². The van der Waals surface area contributed by atoms with Crippen LogP contribution >= 0.6 is 0 Å². The minimum Gasteiger partial charge on any atom is -0.459 e. The summed E-state index contributed by atoms with van der Waals surface area (Å²) in [6, 6.07) is 12.5. The van der Waals surface area contributed by atoms with Crippen molar-refractivity contribution in [1.82, 2.24) is 9.29 Å². The molecule has 3 rings (SSSR count). The smallest absolute Gasteiger partial charge is 0.309 e. The van der Waals surface area contributed by atoms with E-state index in [0.717, 1.165) is 5.56 Å². The van der Waals surface area contributed by atoms with Crippen molar-refractivity contribution in [1.29, 1.82) is 0 Å². The summed E-state index contributed by atoms with van der Waals surface area (Å²) in [5.41, 5.74) is 1.80. The zero-order valence-corrected chi connectivity index (χ0v) is 17.1. The topological polar surface area (TPSA) is 76.6 Å². The average molecular weight is 403 g/mol. The number of carbonyl (C=O) groups is 1. The summed E-state index contributed by atoms with van der Waals surface area (Å²) in [4.78, 5) is 16.7. The first kappa shape index (κ1) is 20.5. The molecule has 7 heteroatoms. The first-order chi connectivity index (χ1) is 13.4. The first-order valence-corrected chi connectivity index (χ1v) is 11.0. The number of hydrogen-bond acceptors (Lipinski definition) is 5. The van der Waals surface area contributed by atoms with Crippen molar-refractivity contribution in [2.45, 2.75) is 44.1 Å². The summed E-state index contributed by atoms with van der Waals surface area (Å²) >= 11 is 0. The number of sulfonamides is 1. The molecule has 0 N–H and O–H groups in total. The average Bonchev–Trinajstić information content (AvgIpc) is 2.73. The predicted octanol–water partition coefficient (Wildman–Crippen LogP) is 3.35. The van der Waals surface area contributed by atoms with Crippen LogP contribution in [0.25, 0.3) is 0 Å². The van der Waals surface area contributed by atoms with Gasteiger partial charge in [0.15, 0.2) is 0 Å². The van der Waals surface area contributed by atoms with Crippen LogP contribution in [-0.2, 0) is 26.2 Å². The number of rotatable bonds is 6. The Balaban J connectivity index is 1.55. The number of piperidine rings is 1. The van der Waals surface area contributed by atoms with Crippen LogP contribution in [-0.4, -0.2) is 36.8 Å².